The van der Waals surface area contributed by atoms with Gasteiger partial charge in [0, 0.05) is 17.2 Å². The van der Waals surface area contributed by atoms with Crippen LogP contribution >= 0.6 is 22.9 Å². The number of aryl methyl sites for hydroxylation is 1. The Kier molecular flexibility index (Phi) is 6.45. The molecule has 2 aliphatic rings. The van der Waals surface area contributed by atoms with Crippen molar-refractivity contribution in [1.82, 2.24) is 4.57 Å². The predicted octanol–water partition coefficient (Wildman–Crippen LogP) is 5.94. The van der Waals surface area contributed by atoms with E-state index in [4.69, 9.17) is 25.7 Å². The molecule has 0 bridgehead atoms. The number of aromatic carboxylic acids is 1. The van der Waals surface area contributed by atoms with Crippen LogP contribution < -0.4 is 19.6 Å². The number of ether oxygens (including phenoxy) is 1. The number of methoxy groups -OCH3 is 1. The number of aromatic nitrogens is 1. The van der Waals surface area contributed by atoms with Crippen molar-refractivity contribution in [3.05, 3.63) is 137 Å². The maximum Gasteiger partial charge on any atom is 0.337 e. The molecule has 0 amide bonds. The second-order valence-electron chi connectivity index (χ2n) is 10.1. The highest BCUT2D eigenvalue weighted by Crippen LogP contribution is 2.41. The summed E-state index contributed by atoms with van der Waals surface area (Å²) in [6.45, 7) is 0. The zero-order valence-corrected chi connectivity index (χ0v) is 23.9. The van der Waals surface area contributed by atoms with E-state index in [9.17, 15) is 14.7 Å². The third-order valence-corrected chi connectivity index (χ3v) is 8.98. The molecular formula is C33H23ClN2O5S. The Hall–Kier alpha value is -4.66. The lowest BCUT2D eigenvalue weighted by Crippen LogP contribution is -2.38. The molecule has 0 saturated heterocycles. The standard InChI is InChI=1S/C33H23ClN2O5S/c1-40-21-10-6-19(7-11-21)30-25-14-8-18-4-2-3-5-23(18)29(25)35-33-36(30)31(37)28(42-33)17-22-12-15-27(41-22)20-9-13-24(32(38)39)26(34)16-20/h2-7,9-13,15-17,30H,8,14H2,1H3,(H,38,39)/b28-17-/t30-/m0/s1. The molecular weight excluding hydrogens is 572 g/mol. The monoisotopic (exact) mass is 594 g/mol. The zero-order chi connectivity index (χ0) is 29.0. The van der Waals surface area contributed by atoms with Crippen LogP contribution in [0.5, 0.6) is 5.75 Å². The third kappa shape index (κ3) is 4.40. The molecule has 9 heteroatoms. The van der Waals surface area contributed by atoms with E-state index in [0.29, 0.717) is 26.4 Å². The third-order valence-electron chi connectivity index (χ3n) is 7.69. The summed E-state index contributed by atoms with van der Waals surface area (Å²) in [6.07, 6.45) is 3.41. The molecule has 0 spiro atoms. The fourth-order valence-corrected chi connectivity index (χ4v) is 6.91. The van der Waals surface area contributed by atoms with Crippen LogP contribution in [0.25, 0.3) is 23.1 Å². The quantitative estimate of drug-likeness (QED) is 0.272. The zero-order valence-electron chi connectivity index (χ0n) is 22.3. The van der Waals surface area contributed by atoms with E-state index in [2.05, 4.69) is 12.1 Å². The van der Waals surface area contributed by atoms with Crippen LogP contribution in [0, 0.1) is 0 Å². The molecule has 0 unspecified atom stereocenters. The van der Waals surface area contributed by atoms with Gasteiger partial charge in [-0.2, -0.15) is 0 Å². The smallest absolute Gasteiger partial charge is 0.337 e. The van der Waals surface area contributed by atoms with Crippen LogP contribution in [-0.2, 0) is 6.42 Å². The van der Waals surface area contributed by atoms with Crippen LogP contribution in [0.15, 0.2) is 98.6 Å². The lowest BCUT2D eigenvalue weighted by molar-refractivity contribution is 0.0697. The van der Waals surface area contributed by atoms with Crippen molar-refractivity contribution in [1.29, 1.82) is 0 Å². The lowest BCUT2D eigenvalue weighted by atomic mass is 9.83. The van der Waals surface area contributed by atoms with Crippen molar-refractivity contribution in [2.75, 3.05) is 7.11 Å². The van der Waals surface area contributed by atoms with E-state index in [1.807, 2.05) is 36.4 Å². The first-order valence-corrected chi connectivity index (χ1v) is 14.5. The predicted molar refractivity (Wildman–Crippen MR) is 162 cm³/mol. The van der Waals surface area contributed by atoms with Gasteiger partial charge in [0.1, 0.15) is 17.3 Å². The molecule has 0 radical (unpaired) electrons. The highest BCUT2D eigenvalue weighted by atomic mass is 35.5. The Labute approximate surface area is 248 Å². The van der Waals surface area contributed by atoms with Crippen molar-refractivity contribution >= 4 is 40.7 Å². The number of thiazole rings is 1. The van der Waals surface area contributed by atoms with Gasteiger partial charge in [-0.25, -0.2) is 9.79 Å². The fraction of sp³-hybridized carbons (Fsp3) is 0.121. The molecule has 7 nitrogen and oxygen atoms in total. The molecule has 7 rings (SSSR count). The molecule has 3 aromatic carbocycles. The minimum Gasteiger partial charge on any atom is -0.497 e. The average molecular weight is 595 g/mol. The van der Waals surface area contributed by atoms with Crippen LogP contribution in [-0.4, -0.2) is 22.8 Å². The van der Waals surface area contributed by atoms with Gasteiger partial charge in [0.05, 0.1) is 34.0 Å². The Morgan fingerprint density at radius 1 is 1.10 bits per heavy atom. The number of fused-ring (bicyclic) bond motifs is 3. The number of rotatable bonds is 5. The number of halogens is 1. The molecule has 5 aromatic rings. The van der Waals surface area contributed by atoms with Gasteiger partial charge in [0.2, 0.25) is 0 Å². The Balaban J connectivity index is 1.35. The minimum atomic E-state index is -1.10. The van der Waals surface area contributed by atoms with Crippen LogP contribution in [0.2, 0.25) is 5.02 Å². The van der Waals surface area contributed by atoms with E-state index in [1.54, 1.807) is 42.0 Å². The summed E-state index contributed by atoms with van der Waals surface area (Å²) >= 11 is 7.49. The van der Waals surface area contributed by atoms with Crippen LogP contribution in [0.3, 0.4) is 0 Å². The maximum atomic E-state index is 14.0. The minimum absolute atomic E-state index is 0.0186. The number of hydrogen-bond donors (Lipinski definition) is 1. The van der Waals surface area contributed by atoms with Gasteiger partial charge >= 0.3 is 5.97 Å². The molecule has 3 heterocycles. The van der Waals surface area contributed by atoms with Gasteiger partial charge in [-0.05, 0) is 65.9 Å². The topological polar surface area (TPSA) is 94.0 Å². The molecule has 0 saturated carbocycles. The van der Waals surface area contributed by atoms with Crippen molar-refractivity contribution < 1.29 is 19.1 Å². The van der Waals surface area contributed by atoms with Crippen LogP contribution in [0.1, 0.15) is 45.3 Å². The highest BCUT2D eigenvalue weighted by molar-refractivity contribution is 7.07. The SMILES string of the molecule is COc1ccc([C@H]2C3=C(N=c4s/c(=C\c5ccc(-c6ccc(C(=O)O)c(Cl)c6)o5)c(=O)n42)c2ccccc2CC3)cc1. The second kappa shape index (κ2) is 10.3. The normalized spacial score (nSPS) is 16.0. The van der Waals surface area contributed by atoms with Crippen molar-refractivity contribution in [3.63, 3.8) is 0 Å². The van der Waals surface area contributed by atoms with Gasteiger partial charge in [0.15, 0.2) is 4.80 Å². The fourth-order valence-electron chi connectivity index (χ4n) is 5.67. The summed E-state index contributed by atoms with van der Waals surface area (Å²) in [4.78, 5) is 31.0. The van der Waals surface area contributed by atoms with E-state index in [-0.39, 0.29) is 22.2 Å². The largest absolute Gasteiger partial charge is 0.497 e. The Bertz CT molecular complexity index is 2100. The van der Waals surface area contributed by atoms with E-state index in [1.165, 1.54) is 23.0 Å². The van der Waals surface area contributed by atoms with Crippen LogP contribution in [0.4, 0.5) is 0 Å². The van der Waals surface area contributed by atoms with Gasteiger partial charge in [-0.3, -0.25) is 9.36 Å². The number of furan rings is 1. The summed E-state index contributed by atoms with van der Waals surface area (Å²) in [5.41, 5.74) is 5.93. The lowest BCUT2D eigenvalue weighted by Gasteiger charge is -2.30. The number of benzene rings is 3. The first-order valence-electron chi connectivity index (χ1n) is 13.3. The summed E-state index contributed by atoms with van der Waals surface area (Å²) in [6, 6.07) is 24.1. The van der Waals surface area contributed by atoms with E-state index < -0.39 is 5.97 Å². The van der Waals surface area contributed by atoms with Crippen molar-refractivity contribution in [2.45, 2.75) is 18.9 Å². The molecule has 208 valence electrons. The molecule has 1 N–H and O–H groups in total. The molecule has 0 fully saturated rings. The van der Waals surface area contributed by atoms with Gasteiger partial charge < -0.3 is 14.3 Å². The van der Waals surface area contributed by atoms with E-state index in [0.717, 1.165) is 41.0 Å². The average Bonchev–Trinajstić information content (AvgIpc) is 3.60. The molecule has 2 aromatic heterocycles. The number of carboxylic acid groups (broad SMARTS) is 1. The molecule has 1 atom stereocenters. The Morgan fingerprint density at radius 2 is 1.90 bits per heavy atom. The number of nitrogens with zero attached hydrogens (tertiary/aromatic N) is 2. The van der Waals surface area contributed by atoms with Gasteiger partial charge in [0.25, 0.3) is 5.56 Å². The summed E-state index contributed by atoms with van der Waals surface area (Å²) < 4.78 is 13.7. The second-order valence-corrected chi connectivity index (χ2v) is 11.5. The van der Waals surface area contributed by atoms with Gasteiger partial charge in [-0.1, -0.05) is 65.4 Å². The summed E-state index contributed by atoms with van der Waals surface area (Å²) in [5.74, 6) is 0.655. The van der Waals surface area contributed by atoms with Crippen molar-refractivity contribution in [3.8, 4) is 17.1 Å². The van der Waals surface area contributed by atoms with Gasteiger partial charge in [-0.15, -0.1) is 0 Å². The number of allylic oxidation sites excluding steroid dienone is 1. The summed E-state index contributed by atoms with van der Waals surface area (Å²) in [7, 11) is 1.64. The first kappa shape index (κ1) is 26.3. The molecule has 42 heavy (non-hydrogen) atoms. The summed E-state index contributed by atoms with van der Waals surface area (Å²) in [5, 5.41) is 9.38. The number of carboxylic acids is 1. The Morgan fingerprint density at radius 3 is 2.67 bits per heavy atom. The number of carbonyl (C=O) groups is 1. The molecule has 1 aliphatic heterocycles. The highest BCUT2D eigenvalue weighted by Gasteiger charge is 2.32. The van der Waals surface area contributed by atoms with E-state index >= 15 is 0 Å². The number of hydrogen-bond acceptors (Lipinski definition) is 6. The maximum absolute atomic E-state index is 14.0. The van der Waals surface area contributed by atoms with Crippen molar-refractivity contribution in [2.24, 2.45) is 4.99 Å². The first-order chi connectivity index (χ1) is 20.4. The molecule has 1 aliphatic carbocycles.